The number of aliphatic hydroxyl groups is 3. The molecule has 0 unspecified atom stereocenters. The number of pyridine rings is 1. The quantitative estimate of drug-likeness (QED) is 0.151. The van der Waals surface area contributed by atoms with E-state index in [0.717, 1.165) is 5.39 Å². The molecular formula is C30H35ClF3N5O6. The molecule has 5 atom stereocenters. The number of hydrogen-bond donors (Lipinski definition) is 5. The van der Waals surface area contributed by atoms with Crippen LogP contribution < -0.4 is 20.1 Å². The smallest absolute Gasteiger partial charge is 0.478 e. The Morgan fingerprint density at radius 1 is 1.07 bits per heavy atom. The molecule has 0 bridgehead atoms. The van der Waals surface area contributed by atoms with Crippen molar-refractivity contribution >= 4 is 35.1 Å². The van der Waals surface area contributed by atoms with Crippen LogP contribution >= 0.6 is 12.4 Å². The number of fused-ring (bicyclic) bond motifs is 1. The van der Waals surface area contributed by atoms with E-state index in [1.807, 2.05) is 13.0 Å². The number of nitrogens with zero attached hydrogens (tertiary/aromatic N) is 3. The van der Waals surface area contributed by atoms with E-state index >= 15 is 0 Å². The van der Waals surface area contributed by atoms with Crippen LogP contribution in [0.2, 0.25) is 0 Å². The first-order valence-electron chi connectivity index (χ1n) is 14.2. The van der Waals surface area contributed by atoms with Gasteiger partial charge in [-0.25, -0.2) is 9.97 Å². The minimum atomic E-state index is -4.79. The summed E-state index contributed by atoms with van der Waals surface area (Å²) in [5.41, 5.74) is 2.83. The summed E-state index contributed by atoms with van der Waals surface area (Å²) in [4.78, 5) is 13.8. The first-order chi connectivity index (χ1) is 20.9. The second kappa shape index (κ2) is 13.6. The number of alkyl halides is 3. The van der Waals surface area contributed by atoms with Crippen LogP contribution in [-0.4, -0.2) is 68.1 Å². The van der Waals surface area contributed by atoms with Gasteiger partial charge >= 0.3 is 6.36 Å². The second-order valence-corrected chi connectivity index (χ2v) is 10.8. The molecule has 11 nitrogen and oxygen atoms in total. The summed E-state index contributed by atoms with van der Waals surface area (Å²) in [5.74, 6) is 0.567. The predicted octanol–water partition coefficient (Wildman–Crippen LogP) is 5.31. The van der Waals surface area contributed by atoms with Crippen molar-refractivity contribution < 1.29 is 42.4 Å². The monoisotopic (exact) mass is 653 g/mol. The van der Waals surface area contributed by atoms with Crippen LogP contribution in [0.1, 0.15) is 43.3 Å². The van der Waals surface area contributed by atoms with Gasteiger partial charge in [0.1, 0.15) is 23.4 Å². The predicted molar refractivity (Wildman–Crippen MR) is 163 cm³/mol. The largest absolute Gasteiger partial charge is 0.573 e. The molecule has 15 heteroatoms. The molecule has 3 aromatic heterocycles. The van der Waals surface area contributed by atoms with Crippen LogP contribution in [0.15, 0.2) is 40.8 Å². The Hall–Kier alpha value is -3.85. The number of aryl methyl sites for hydroxylation is 2. The van der Waals surface area contributed by atoms with Crippen LogP contribution in [-0.2, 0) is 0 Å². The molecule has 0 aliphatic heterocycles. The lowest BCUT2D eigenvalue weighted by molar-refractivity contribution is -0.274. The van der Waals surface area contributed by atoms with E-state index in [1.54, 1.807) is 26.8 Å². The molecule has 1 aliphatic carbocycles. The number of furan rings is 1. The van der Waals surface area contributed by atoms with Crippen molar-refractivity contribution in [2.75, 3.05) is 23.8 Å². The lowest BCUT2D eigenvalue weighted by Gasteiger charge is -2.25. The molecule has 3 heterocycles. The Kier molecular flexibility index (Phi) is 10.3. The maximum absolute atomic E-state index is 12.6. The SMILES string of the molecule is CCOc1cc2cc(-c3c(C)nc(N[C@H](C)c4ccc(OC(F)(F)F)cc4)nc3N[C@@H]3[C@H](CO)C[C@@H](O)[C@H]3O)oc2c(C)n1.Cl. The van der Waals surface area contributed by atoms with Crippen LogP contribution in [0.5, 0.6) is 11.6 Å². The fourth-order valence-corrected chi connectivity index (χ4v) is 5.46. The van der Waals surface area contributed by atoms with Gasteiger partial charge in [-0.15, -0.1) is 25.6 Å². The molecule has 1 aromatic carbocycles. The summed E-state index contributed by atoms with van der Waals surface area (Å²) >= 11 is 0. The number of nitrogens with one attached hydrogen (secondary N) is 2. The third-order valence-corrected chi connectivity index (χ3v) is 7.59. The van der Waals surface area contributed by atoms with Crippen molar-refractivity contribution in [3.8, 4) is 23.0 Å². The van der Waals surface area contributed by atoms with Gasteiger partial charge in [0.05, 0.1) is 41.7 Å². The number of benzene rings is 1. The van der Waals surface area contributed by atoms with Crippen molar-refractivity contribution in [2.24, 2.45) is 5.92 Å². The summed E-state index contributed by atoms with van der Waals surface area (Å²) in [6.07, 6.45) is -6.80. The Balaban J connectivity index is 0.00000461. The average molecular weight is 654 g/mol. The summed E-state index contributed by atoms with van der Waals surface area (Å²) < 4.78 is 53.5. The average Bonchev–Trinajstić information content (AvgIpc) is 3.49. The highest BCUT2D eigenvalue weighted by molar-refractivity contribution is 5.88. The van der Waals surface area contributed by atoms with Crippen molar-refractivity contribution in [1.29, 1.82) is 0 Å². The van der Waals surface area contributed by atoms with Gasteiger partial charge in [-0.1, -0.05) is 12.1 Å². The maximum atomic E-state index is 12.6. The van der Waals surface area contributed by atoms with Gasteiger partial charge < -0.3 is 39.8 Å². The highest BCUT2D eigenvalue weighted by Crippen LogP contribution is 2.39. The Morgan fingerprint density at radius 2 is 1.78 bits per heavy atom. The molecule has 0 saturated heterocycles. The van der Waals surface area contributed by atoms with Crippen LogP contribution in [0, 0.1) is 19.8 Å². The number of halogens is 4. The van der Waals surface area contributed by atoms with Crippen LogP contribution in [0.25, 0.3) is 22.3 Å². The van der Waals surface area contributed by atoms with E-state index in [1.165, 1.54) is 24.3 Å². The third-order valence-electron chi connectivity index (χ3n) is 7.59. The number of ether oxygens (including phenoxy) is 2. The Morgan fingerprint density at radius 3 is 2.42 bits per heavy atom. The molecule has 1 aliphatic rings. The van der Waals surface area contributed by atoms with Gasteiger partial charge in [-0.3, -0.25) is 0 Å². The van der Waals surface area contributed by atoms with E-state index in [9.17, 15) is 28.5 Å². The molecule has 45 heavy (non-hydrogen) atoms. The van der Waals surface area contributed by atoms with Crippen LogP contribution in [0.3, 0.4) is 0 Å². The topological polar surface area (TPSA) is 155 Å². The Bertz CT molecular complexity index is 1620. The summed E-state index contributed by atoms with van der Waals surface area (Å²) in [6.45, 7) is 7.40. The first kappa shape index (κ1) is 34.0. The third kappa shape index (κ3) is 7.52. The fraction of sp³-hybridized carbons (Fsp3) is 0.433. The number of aromatic nitrogens is 3. The lowest BCUT2D eigenvalue weighted by atomic mass is 10.0. The number of anilines is 2. The zero-order valence-corrected chi connectivity index (χ0v) is 25.7. The van der Waals surface area contributed by atoms with Crippen molar-refractivity contribution in [2.45, 2.75) is 64.8 Å². The molecule has 0 spiro atoms. The molecule has 4 aromatic rings. The minimum Gasteiger partial charge on any atom is -0.478 e. The summed E-state index contributed by atoms with van der Waals surface area (Å²) in [6, 6.07) is 7.88. The molecule has 5 rings (SSSR count). The van der Waals surface area contributed by atoms with E-state index in [2.05, 4.69) is 25.3 Å². The molecule has 1 fully saturated rings. The minimum absolute atomic E-state index is 0. The highest BCUT2D eigenvalue weighted by atomic mass is 35.5. The normalized spacial score (nSPS) is 20.5. The van der Waals surface area contributed by atoms with Gasteiger partial charge in [0.2, 0.25) is 11.8 Å². The summed E-state index contributed by atoms with van der Waals surface area (Å²) in [7, 11) is 0. The standard InChI is InChI=1S/C30H34F3N5O6.ClH/c1-5-42-23-12-18-11-22(43-27(18)16(4)34-23)24-15(3)36-29(38-28(24)37-25-19(13-39)10-21(40)26(25)41)35-14(2)17-6-8-20(9-7-17)44-30(31,32)33;/h6-9,11-12,14,19,21,25-26,39-41H,5,10,13H2,1-4H3,(H2,35,36,37,38);1H/t14-,19+,21-,25-,26-;/m1./s1. The molecular weight excluding hydrogens is 619 g/mol. The molecule has 0 radical (unpaired) electrons. The van der Waals surface area contributed by atoms with Gasteiger partial charge in [0.15, 0.2) is 5.58 Å². The fourth-order valence-electron chi connectivity index (χ4n) is 5.46. The van der Waals surface area contributed by atoms with Gasteiger partial charge in [-0.2, -0.15) is 4.98 Å². The highest BCUT2D eigenvalue weighted by Gasteiger charge is 2.42. The molecule has 0 amide bonds. The molecule has 244 valence electrons. The van der Waals surface area contributed by atoms with Crippen LogP contribution in [0.4, 0.5) is 24.9 Å². The zero-order valence-electron chi connectivity index (χ0n) is 24.9. The Labute approximate surface area is 263 Å². The zero-order chi connectivity index (χ0) is 31.8. The number of rotatable bonds is 10. The number of aliphatic hydroxyl groups excluding tert-OH is 3. The first-order valence-corrected chi connectivity index (χ1v) is 14.2. The van der Waals surface area contributed by atoms with Crippen molar-refractivity contribution in [3.05, 3.63) is 53.3 Å². The molecule has 5 N–H and O–H groups in total. The van der Waals surface area contributed by atoms with E-state index in [-0.39, 0.29) is 43.0 Å². The van der Waals surface area contributed by atoms with Crippen molar-refractivity contribution in [1.82, 2.24) is 15.0 Å². The maximum Gasteiger partial charge on any atom is 0.573 e. The number of hydrogen-bond acceptors (Lipinski definition) is 11. The van der Waals surface area contributed by atoms with Gasteiger partial charge in [0, 0.05) is 24.0 Å². The van der Waals surface area contributed by atoms with Crippen molar-refractivity contribution in [3.63, 3.8) is 0 Å². The van der Waals surface area contributed by atoms with Gasteiger partial charge in [-0.05, 0) is 57.9 Å². The van der Waals surface area contributed by atoms with E-state index in [0.29, 0.717) is 46.3 Å². The second-order valence-electron chi connectivity index (χ2n) is 10.8. The van der Waals surface area contributed by atoms with E-state index < -0.39 is 36.6 Å². The summed E-state index contributed by atoms with van der Waals surface area (Å²) in [5, 5.41) is 38.1. The van der Waals surface area contributed by atoms with Gasteiger partial charge in [0.25, 0.3) is 0 Å². The lowest BCUT2D eigenvalue weighted by Crippen LogP contribution is -2.38. The van der Waals surface area contributed by atoms with E-state index in [4.69, 9.17) is 14.1 Å². The molecule has 1 saturated carbocycles.